The summed E-state index contributed by atoms with van der Waals surface area (Å²) in [4.78, 5) is 9.35. The molecule has 0 bridgehead atoms. The van der Waals surface area contributed by atoms with Crippen molar-refractivity contribution in [2.24, 2.45) is 0 Å². The van der Waals surface area contributed by atoms with Gasteiger partial charge in [-0.3, -0.25) is 4.72 Å². The van der Waals surface area contributed by atoms with E-state index in [0.29, 0.717) is 5.82 Å². The molecule has 0 unspecified atom stereocenters. The summed E-state index contributed by atoms with van der Waals surface area (Å²) in [5.41, 5.74) is 0.139. The molecule has 2 rings (SSSR count). The standard InChI is InChI=1S/C15H19FN4O4S/c1-5-24-13-7-6-10(8-11(13)16)25(21,22)19-12-9-17-15(23-4)18-14(12)20(2)3/h6-9,19H,5H2,1-4H3. The van der Waals surface area contributed by atoms with E-state index >= 15 is 0 Å². The molecular weight excluding hydrogens is 351 g/mol. The van der Waals surface area contributed by atoms with Gasteiger partial charge in [-0.15, -0.1) is 0 Å². The van der Waals surface area contributed by atoms with Crippen LogP contribution in [-0.2, 0) is 10.0 Å². The number of halogens is 1. The van der Waals surface area contributed by atoms with Crippen molar-refractivity contribution in [2.75, 3.05) is 37.4 Å². The molecule has 136 valence electrons. The van der Waals surface area contributed by atoms with Crippen LogP contribution in [-0.4, -0.2) is 46.2 Å². The molecule has 0 aliphatic heterocycles. The minimum Gasteiger partial charge on any atom is -0.491 e. The van der Waals surface area contributed by atoms with Crippen molar-refractivity contribution >= 4 is 21.5 Å². The molecule has 2 aromatic rings. The van der Waals surface area contributed by atoms with Crippen molar-refractivity contribution < 1.29 is 22.3 Å². The number of aromatic nitrogens is 2. The summed E-state index contributed by atoms with van der Waals surface area (Å²) in [6, 6.07) is 3.52. The van der Waals surface area contributed by atoms with Crippen LogP contribution in [0.3, 0.4) is 0 Å². The molecule has 1 aromatic heterocycles. The first kappa shape index (κ1) is 18.7. The summed E-state index contributed by atoms with van der Waals surface area (Å²) < 4.78 is 51.4. The summed E-state index contributed by atoms with van der Waals surface area (Å²) in [5.74, 6) is -0.464. The van der Waals surface area contributed by atoms with Gasteiger partial charge in [-0.05, 0) is 25.1 Å². The Morgan fingerprint density at radius 1 is 1.32 bits per heavy atom. The zero-order valence-corrected chi connectivity index (χ0v) is 15.1. The highest BCUT2D eigenvalue weighted by Crippen LogP contribution is 2.27. The maximum Gasteiger partial charge on any atom is 0.318 e. The SMILES string of the molecule is CCOc1ccc(S(=O)(=O)Nc2cnc(OC)nc2N(C)C)cc1F. The molecule has 1 heterocycles. The Hall–Kier alpha value is -2.62. The monoisotopic (exact) mass is 370 g/mol. The van der Waals surface area contributed by atoms with Gasteiger partial charge in [0.25, 0.3) is 10.0 Å². The van der Waals surface area contributed by atoms with E-state index in [4.69, 9.17) is 9.47 Å². The zero-order valence-electron chi connectivity index (χ0n) is 14.3. The highest BCUT2D eigenvalue weighted by molar-refractivity contribution is 7.92. The normalized spacial score (nSPS) is 11.1. The van der Waals surface area contributed by atoms with Gasteiger partial charge in [-0.2, -0.15) is 4.98 Å². The van der Waals surface area contributed by atoms with Gasteiger partial charge in [0.2, 0.25) is 0 Å². The molecule has 0 aliphatic carbocycles. The smallest absolute Gasteiger partial charge is 0.318 e. The quantitative estimate of drug-likeness (QED) is 0.795. The zero-order chi connectivity index (χ0) is 18.6. The van der Waals surface area contributed by atoms with Gasteiger partial charge in [-0.1, -0.05) is 0 Å². The Bertz CT molecular complexity index is 859. The largest absolute Gasteiger partial charge is 0.491 e. The Labute approximate surface area is 145 Å². The van der Waals surface area contributed by atoms with Crippen molar-refractivity contribution in [1.82, 2.24) is 9.97 Å². The van der Waals surface area contributed by atoms with E-state index < -0.39 is 15.8 Å². The predicted octanol–water partition coefficient (Wildman–Crippen LogP) is 1.89. The van der Waals surface area contributed by atoms with E-state index in [0.717, 1.165) is 6.07 Å². The number of hydrogen-bond acceptors (Lipinski definition) is 7. The second-order valence-electron chi connectivity index (χ2n) is 5.12. The number of sulfonamides is 1. The van der Waals surface area contributed by atoms with E-state index in [2.05, 4.69) is 14.7 Å². The summed E-state index contributed by atoms with van der Waals surface area (Å²) in [7, 11) is 0.749. The van der Waals surface area contributed by atoms with Crippen LogP contribution < -0.4 is 19.1 Å². The van der Waals surface area contributed by atoms with E-state index in [9.17, 15) is 12.8 Å². The fraction of sp³-hybridized carbons (Fsp3) is 0.333. The molecule has 0 aliphatic rings. The van der Waals surface area contributed by atoms with Crippen LogP contribution in [0, 0.1) is 5.82 Å². The van der Waals surface area contributed by atoms with Gasteiger partial charge in [0.05, 0.1) is 24.8 Å². The Morgan fingerprint density at radius 2 is 2.04 bits per heavy atom. The first-order chi connectivity index (χ1) is 11.8. The molecule has 0 fully saturated rings. The summed E-state index contributed by atoms with van der Waals surface area (Å²) in [6.45, 7) is 1.98. The minimum atomic E-state index is -4.04. The Balaban J connectivity index is 2.37. The number of anilines is 2. The predicted molar refractivity (Wildman–Crippen MR) is 91.3 cm³/mol. The molecule has 10 heteroatoms. The number of hydrogen-bond donors (Lipinski definition) is 1. The third-order valence-corrected chi connectivity index (χ3v) is 4.47. The van der Waals surface area contributed by atoms with Crippen LogP contribution in [0.4, 0.5) is 15.9 Å². The molecule has 0 saturated heterocycles. The first-order valence-corrected chi connectivity index (χ1v) is 8.80. The summed E-state index contributed by atoms with van der Waals surface area (Å²) >= 11 is 0. The molecule has 0 saturated carbocycles. The molecule has 0 spiro atoms. The molecule has 1 aromatic carbocycles. The maximum atomic E-state index is 13.9. The molecule has 0 amide bonds. The molecule has 25 heavy (non-hydrogen) atoms. The first-order valence-electron chi connectivity index (χ1n) is 7.32. The fourth-order valence-corrected chi connectivity index (χ4v) is 3.05. The summed E-state index contributed by atoms with van der Waals surface area (Å²) in [6.07, 6.45) is 1.28. The lowest BCUT2D eigenvalue weighted by Crippen LogP contribution is -2.19. The van der Waals surface area contributed by atoms with Crippen molar-refractivity contribution in [3.05, 3.63) is 30.2 Å². The maximum absolute atomic E-state index is 13.9. The van der Waals surface area contributed by atoms with E-state index in [1.165, 1.54) is 25.4 Å². The number of ether oxygens (including phenoxy) is 2. The number of benzene rings is 1. The lowest BCUT2D eigenvalue weighted by molar-refractivity contribution is 0.321. The summed E-state index contributed by atoms with van der Waals surface area (Å²) in [5, 5.41) is 0. The lowest BCUT2D eigenvalue weighted by Gasteiger charge is -2.17. The van der Waals surface area contributed by atoms with Gasteiger partial charge in [0.15, 0.2) is 17.4 Å². The second kappa shape index (κ2) is 7.51. The number of nitrogens with zero attached hydrogens (tertiary/aromatic N) is 3. The van der Waals surface area contributed by atoms with Gasteiger partial charge in [-0.25, -0.2) is 17.8 Å². The Morgan fingerprint density at radius 3 is 2.60 bits per heavy atom. The lowest BCUT2D eigenvalue weighted by atomic mass is 10.3. The van der Waals surface area contributed by atoms with Crippen molar-refractivity contribution in [3.8, 4) is 11.8 Å². The Kier molecular flexibility index (Phi) is 5.62. The molecule has 0 radical (unpaired) electrons. The van der Waals surface area contributed by atoms with Gasteiger partial charge >= 0.3 is 6.01 Å². The average Bonchev–Trinajstić information content (AvgIpc) is 2.56. The van der Waals surface area contributed by atoms with Crippen molar-refractivity contribution in [2.45, 2.75) is 11.8 Å². The van der Waals surface area contributed by atoms with Crippen LogP contribution in [0.15, 0.2) is 29.3 Å². The van der Waals surface area contributed by atoms with Gasteiger partial charge < -0.3 is 14.4 Å². The third kappa shape index (κ3) is 4.27. The number of methoxy groups -OCH3 is 1. The highest BCUT2D eigenvalue weighted by Gasteiger charge is 2.20. The minimum absolute atomic E-state index is 0.0109. The molecule has 0 atom stereocenters. The molecule has 8 nitrogen and oxygen atoms in total. The van der Waals surface area contributed by atoms with Crippen LogP contribution in [0.25, 0.3) is 0 Å². The van der Waals surface area contributed by atoms with Crippen molar-refractivity contribution in [3.63, 3.8) is 0 Å². The highest BCUT2D eigenvalue weighted by atomic mass is 32.2. The van der Waals surface area contributed by atoms with Crippen LogP contribution >= 0.6 is 0 Å². The van der Waals surface area contributed by atoms with E-state index in [-0.39, 0.29) is 28.9 Å². The number of rotatable bonds is 7. The van der Waals surface area contributed by atoms with Crippen LogP contribution in [0.5, 0.6) is 11.8 Å². The van der Waals surface area contributed by atoms with Crippen LogP contribution in [0.1, 0.15) is 6.92 Å². The van der Waals surface area contributed by atoms with Gasteiger partial charge in [0.1, 0.15) is 5.69 Å². The second-order valence-corrected chi connectivity index (χ2v) is 6.80. The third-order valence-electron chi connectivity index (χ3n) is 3.11. The van der Waals surface area contributed by atoms with E-state index in [1.54, 1.807) is 25.9 Å². The molecular formula is C15H19FN4O4S. The van der Waals surface area contributed by atoms with Crippen molar-refractivity contribution in [1.29, 1.82) is 0 Å². The van der Waals surface area contributed by atoms with Gasteiger partial charge in [0, 0.05) is 14.1 Å². The fourth-order valence-electron chi connectivity index (χ4n) is 1.99. The average molecular weight is 370 g/mol. The number of nitrogens with one attached hydrogen (secondary N) is 1. The topological polar surface area (TPSA) is 93.7 Å². The van der Waals surface area contributed by atoms with E-state index in [1.807, 2.05) is 0 Å². The molecule has 1 N–H and O–H groups in total. The van der Waals surface area contributed by atoms with Crippen LogP contribution in [0.2, 0.25) is 0 Å².